The maximum Gasteiger partial charge on any atom is 0.224 e. The van der Waals surface area contributed by atoms with E-state index in [2.05, 4.69) is 45.3 Å². The number of nitrogens with one attached hydrogen (secondary N) is 2. The predicted molar refractivity (Wildman–Crippen MR) is 112 cm³/mol. The van der Waals surface area contributed by atoms with E-state index in [0.29, 0.717) is 0 Å². The normalized spacial score (nSPS) is 10.0. The van der Waals surface area contributed by atoms with E-state index < -0.39 is 0 Å². The molecule has 0 aliphatic rings. The molecule has 6 heteroatoms. The molecule has 3 aromatic carbocycles. The molecule has 0 saturated heterocycles. The average Bonchev–Trinajstić information content (AvgIpc) is 3.17. The number of halogens is 1. The van der Waals surface area contributed by atoms with Gasteiger partial charge in [0.25, 0.3) is 0 Å². The van der Waals surface area contributed by atoms with Gasteiger partial charge in [0.15, 0.2) is 0 Å². The van der Waals surface area contributed by atoms with Crippen molar-refractivity contribution in [1.29, 1.82) is 0 Å². The van der Waals surface area contributed by atoms with Crippen LogP contribution in [0.25, 0.3) is 21.7 Å². The Bertz CT molecular complexity index is 958. The minimum absolute atomic E-state index is 0. The summed E-state index contributed by atoms with van der Waals surface area (Å²) in [6, 6.07) is 28.5. The van der Waals surface area contributed by atoms with Gasteiger partial charge in [0.05, 0.1) is 5.69 Å². The van der Waals surface area contributed by atoms with Gasteiger partial charge in [-0.2, -0.15) is 0 Å². The molecule has 0 atom stereocenters. The van der Waals surface area contributed by atoms with Gasteiger partial charge in [0.1, 0.15) is 5.01 Å². The van der Waals surface area contributed by atoms with Crippen LogP contribution in [-0.4, -0.2) is 10.2 Å². The third-order valence-corrected chi connectivity index (χ3v) is 4.63. The number of nitrogens with zero attached hydrogens (tertiary/aromatic N) is 2. The topological polar surface area (TPSA) is 49.8 Å². The highest BCUT2D eigenvalue weighted by Gasteiger charge is 2.11. The first-order valence-electron chi connectivity index (χ1n) is 7.95. The summed E-state index contributed by atoms with van der Waals surface area (Å²) in [5.41, 5.74) is 10.6. The Balaban J connectivity index is 0.00000196. The van der Waals surface area contributed by atoms with Crippen molar-refractivity contribution < 1.29 is 0 Å². The number of hydrogen-bond donors (Lipinski definition) is 2. The molecule has 0 fully saturated rings. The summed E-state index contributed by atoms with van der Waals surface area (Å²) in [4.78, 5) is 0. The van der Waals surface area contributed by atoms with Gasteiger partial charge in [-0.3, -0.25) is 10.9 Å². The van der Waals surface area contributed by atoms with E-state index in [0.717, 1.165) is 27.0 Å². The summed E-state index contributed by atoms with van der Waals surface area (Å²) in [6.45, 7) is 0. The first-order valence-corrected chi connectivity index (χ1v) is 8.77. The summed E-state index contributed by atoms with van der Waals surface area (Å²) < 4.78 is 0. The lowest BCUT2D eigenvalue weighted by Crippen LogP contribution is -2.07. The van der Waals surface area contributed by atoms with Crippen molar-refractivity contribution in [2.24, 2.45) is 0 Å². The van der Waals surface area contributed by atoms with Crippen LogP contribution >= 0.6 is 23.7 Å². The highest BCUT2D eigenvalue weighted by atomic mass is 35.5. The number of aromatic nitrogens is 2. The van der Waals surface area contributed by atoms with Crippen molar-refractivity contribution in [3.63, 3.8) is 0 Å². The van der Waals surface area contributed by atoms with Gasteiger partial charge in [-0.25, -0.2) is 0 Å². The Hall–Kier alpha value is -2.89. The SMILES string of the molecule is Cl.c1ccc(NNc2nnc(-c3ccccc3-c3ccccc3)s2)cc1. The quantitative estimate of drug-likeness (QED) is 0.434. The van der Waals surface area contributed by atoms with Gasteiger partial charge >= 0.3 is 0 Å². The summed E-state index contributed by atoms with van der Waals surface area (Å²) >= 11 is 1.52. The second kappa shape index (κ2) is 8.47. The molecule has 0 bridgehead atoms. The van der Waals surface area contributed by atoms with E-state index in [-0.39, 0.29) is 12.4 Å². The van der Waals surface area contributed by atoms with Gasteiger partial charge in [0.2, 0.25) is 5.13 Å². The number of benzene rings is 3. The van der Waals surface area contributed by atoms with Crippen LogP contribution in [0, 0.1) is 0 Å². The number of para-hydroxylation sites is 1. The standard InChI is InChI=1S/C20H16N4S.ClH/c1-3-9-15(10-4-1)17-13-7-8-14-18(17)19-22-24-20(25-19)23-21-16-11-5-2-6-12-16;/h1-14,21H,(H,23,24);1H. The smallest absolute Gasteiger partial charge is 0.224 e. The van der Waals surface area contributed by atoms with Gasteiger partial charge < -0.3 is 0 Å². The van der Waals surface area contributed by atoms with Gasteiger partial charge in [0, 0.05) is 5.56 Å². The molecule has 26 heavy (non-hydrogen) atoms. The molecular weight excluding hydrogens is 364 g/mol. The van der Waals surface area contributed by atoms with Crippen molar-refractivity contribution >= 4 is 34.6 Å². The molecule has 0 amide bonds. The number of hydrazine groups is 1. The van der Waals surface area contributed by atoms with Gasteiger partial charge in [-0.15, -0.1) is 22.6 Å². The fourth-order valence-electron chi connectivity index (χ4n) is 2.57. The Labute approximate surface area is 162 Å². The molecule has 4 rings (SSSR count). The lowest BCUT2D eigenvalue weighted by Gasteiger charge is -2.07. The number of rotatable bonds is 5. The average molecular weight is 381 g/mol. The molecular formula is C20H17ClN4S. The second-order valence-corrected chi connectivity index (χ2v) is 6.42. The first-order chi connectivity index (χ1) is 12.4. The van der Waals surface area contributed by atoms with E-state index in [1.165, 1.54) is 16.9 Å². The third-order valence-electron chi connectivity index (χ3n) is 3.75. The minimum Gasteiger partial charge on any atom is -0.299 e. The van der Waals surface area contributed by atoms with Crippen LogP contribution in [0.4, 0.5) is 10.8 Å². The van der Waals surface area contributed by atoms with Crippen LogP contribution in [0.1, 0.15) is 0 Å². The predicted octanol–water partition coefficient (Wildman–Crippen LogP) is 5.73. The molecule has 0 unspecified atom stereocenters. The number of anilines is 2. The molecule has 0 aliphatic carbocycles. The lowest BCUT2D eigenvalue weighted by atomic mass is 10.0. The van der Waals surface area contributed by atoms with Crippen molar-refractivity contribution in [3.8, 4) is 21.7 Å². The molecule has 4 nitrogen and oxygen atoms in total. The molecule has 0 spiro atoms. The Morgan fingerprint density at radius 1 is 0.615 bits per heavy atom. The van der Waals surface area contributed by atoms with E-state index in [1.807, 2.05) is 60.7 Å². The minimum atomic E-state index is 0. The summed E-state index contributed by atoms with van der Waals surface area (Å²) in [6.07, 6.45) is 0. The second-order valence-electron chi connectivity index (χ2n) is 5.44. The van der Waals surface area contributed by atoms with Crippen molar-refractivity contribution in [1.82, 2.24) is 10.2 Å². The van der Waals surface area contributed by atoms with Crippen LogP contribution < -0.4 is 10.9 Å². The zero-order chi connectivity index (χ0) is 16.9. The Morgan fingerprint density at radius 2 is 1.23 bits per heavy atom. The van der Waals surface area contributed by atoms with E-state index >= 15 is 0 Å². The van der Waals surface area contributed by atoms with E-state index in [9.17, 15) is 0 Å². The van der Waals surface area contributed by atoms with Crippen LogP contribution in [0.3, 0.4) is 0 Å². The van der Waals surface area contributed by atoms with Gasteiger partial charge in [-0.05, 0) is 23.3 Å². The maximum atomic E-state index is 4.35. The zero-order valence-corrected chi connectivity index (χ0v) is 15.4. The highest BCUT2D eigenvalue weighted by molar-refractivity contribution is 7.18. The molecule has 1 aromatic heterocycles. The van der Waals surface area contributed by atoms with Crippen LogP contribution in [0.2, 0.25) is 0 Å². The Morgan fingerprint density at radius 3 is 1.96 bits per heavy atom. The monoisotopic (exact) mass is 380 g/mol. The summed E-state index contributed by atoms with van der Waals surface area (Å²) in [5, 5.41) is 10.2. The van der Waals surface area contributed by atoms with Crippen molar-refractivity contribution in [3.05, 3.63) is 84.9 Å². The van der Waals surface area contributed by atoms with Crippen LogP contribution in [-0.2, 0) is 0 Å². The number of hydrogen-bond acceptors (Lipinski definition) is 5. The molecule has 1 heterocycles. The maximum absolute atomic E-state index is 4.35. The molecule has 0 radical (unpaired) electrons. The fourth-order valence-corrected chi connectivity index (χ4v) is 3.31. The van der Waals surface area contributed by atoms with E-state index in [1.54, 1.807) is 0 Å². The highest BCUT2D eigenvalue weighted by Crippen LogP contribution is 2.34. The Kier molecular flexibility index (Phi) is 5.84. The summed E-state index contributed by atoms with van der Waals surface area (Å²) in [7, 11) is 0. The van der Waals surface area contributed by atoms with Crippen LogP contribution in [0.5, 0.6) is 0 Å². The van der Waals surface area contributed by atoms with Crippen LogP contribution in [0.15, 0.2) is 84.9 Å². The van der Waals surface area contributed by atoms with Crippen molar-refractivity contribution in [2.75, 3.05) is 10.9 Å². The lowest BCUT2D eigenvalue weighted by molar-refractivity contribution is 1.09. The zero-order valence-electron chi connectivity index (χ0n) is 13.8. The molecule has 2 N–H and O–H groups in total. The molecule has 130 valence electrons. The largest absolute Gasteiger partial charge is 0.299 e. The molecule has 0 aliphatic heterocycles. The molecule has 0 saturated carbocycles. The van der Waals surface area contributed by atoms with Crippen molar-refractivity contribution in [2.45, 2.75) is 0 Å². The third kappa shape index (κ3) is 4.02. The summed E-state index contributed by atoms with van der Waals surface area (Å²) in [5.74, 6) is 0. The molecule has 4 aromatic rings. The van der Waals surface area contributed by atoms with E-state index in [4.69, 9.17) is 0 Å². The fraction of sp³-hybridized carbons (Fsp3) is 0. The first kappa shape index (κ1) is 17.9. The van der Waals surface area contributed by atoms with Gasteiger partial charge in [-0.1, -0.05) is 84.1 Å².